The molecular formula is C44H82O4. The lowest BCUT2D eigenvalue weighted by Gasteiger charge is -2.25. The molecule has 0 saturated carbocycles. The first-order valence-electron chi connectivity index (χ1n) is 21.4. The van der Waals surface area contributed by atoms with Gasteiger partial charge in [0, 0.05) is 0 Å². The summed E-state index contributed by atoms with van der Waals surface area (Å²) in [7, 11) is 0. The predicted octanol–water partition coefficient (Wildman–Crippen LogP) is 13.9. The molecule has 0 saturated heterocycles. The second kappa shape index (κ2) is 32.9. The van der Waals surface area contributed by atoms with Crippen molar-refractivity contribution in [1.82, 2.24) is 0 Å². The lowest BCUT2D eigenvalue weighted by molar-refractivity contribution is -0.161. The van der Waals surface area contributed by atoms with Gasteiger partial charge in [0.25, 0.3) is 0 Å². The monoisotopic (exact) mass is 675 g/mol. The van der Waals surface area contributed by atoms with Crippen molar-refractivity contribution >= 4 is 11.9 Å². The molecule has 0 aliphatic heterocycles. The summed E-state index contributed by atoms with van der Waals surface area (Å²) < 4.78 is 11.3. The van der Waals surface area contributed by atoms with Gasteiger partial charge in [-0.05, 0) is 37.5 Å². The van der Waals surface area contributed by atoms with Crippen LogP contribution in [-0.2, 0) is 19.1 Å². The molecule has 2 unspecified atom stereocenters. The van der Waals surface area contributed by atoms with Crippen molar-refractivity contribution in [3.05, 3.63) is 12.2 Å². The van der Waals surface area contributed by atoms with Crippen molar-refractivity contribution in [2.24, 2.45) is 23.7 Å². The summed E-state index contributed by atoms with van der Waals surface area (Å²) in [4.78, 5) is 25.7. The summed E-state index contributed by atoms with van der Waals surface area (Å²) in [5.74, 6) is 0.477. The minimum absolute atomic E-state index is 0.220. The molecule has 1 rings (SSSR count). The number of allylic oxidation sites excluding steroid dienone is 2. The first kappa shape index (κ1) is 44.7. The van der Waals surface area contributed by atoms with E-state index in [0.717, 1.165) is 37.5 Å². The van der Waals surface area contributed by atoms with Crippen LogP contribution in [0.3, 0.4) is 0 Å². The van der Waals surface area contributed by atoms with Gasteiger partial charge < -0.3 is 9.47 Å². The summed E-state index contributed by atoms with van der Waals surface area (Å²) in [5.41, 5.74) is 0. The molecule has 0 radical (unpaired) electrons. The number of hydrogen-bond acceptors (Lipinski definition) is 4. The molecule has 2 atom stereocenters. The highest BCUT2D eigenvalue weighted by Gasteiger charge is 2.36. The lowest BCUT2D eigenvalue weighted by atomic mass is 9.83. The molecule has 282 valence electrons. The van der Waals surface area contributed by atoms with E-state index in [2.05, 4.69) is 27.7 Å². The number of unbranched alkanes of at least 4 members (excludes halogenated alkanes) is 24. The predicted molar refractivity (Wildman–Crippen MR) is 206 cm³/mol. The second-order valence-electron chi connectivity index (χ2n) is 16.0. The van der Waals surface area contributed by atoms with E-state index in [-0.39, 0.29) is 11.9 Å². The number of esters is 2. The van der Waals surface area contributed by atoms with Gasteiger partial charge in [-0.15, -0.1) is 0 Å². The van der Waals surface area contributed by atoms with Crippen LogP contribution >= 0.6 is 0 Å². The summed E-state index contributed by atoms with van der Waals surface area (Å²) in [6, 6.07) is 0. The minimum atomic E-state index is -0.396. The number of carbonyl (C=O) groups excluding carboxylic acids is 2. The third-order valence-electron chi connectivity index (χ3n) is 10.4. The van der Waals surface area contributed by atoms with E-state index >= 15 is 0 Å². The zero-order valence-corrected chi connectivity index (χ0v) is 32.7. The van der Waals surface area contributed by atoms with Crippen molar-refractivity contribution in [3.63, 3.8) is 0 Å². The maximum absolute atomic E-state index is 12.8. The average Bonchev–Trinajstić information content (AvgIpc) is 3.07. The van der Waals surface area contributed by atoms with Crippen LogP contribution in [0.15, 0.2) is 12.2 Å². The SMILES string of the molecule is CC(C)CCCCCCCCCCCCCCCOC(=O)C1CC=CCC1C(=O)OCCCCCCCCCCCCCCCC(C)C. The Bertz CT molecular complexity index is 695. The van der Waals surface area contributed by atoms with Gasteiger partial charge >= 0.3 is 11.9 Å². The van der Waals surface area contributed by atoms with E-state index in [1.165, 1.54) is 154 Å². The topological polar surface area (TPSA) is 52.6 Å². The fraction of sp³-hybridized carbons (Fsp3) is 0.909. The van der Waals surface area contributed by atoms with Gasteiger partial charge in [-0.2, -0.15) is 0 Å². The quantitative estimate of drug-likeness (QED) is 0.0387. The number of hydrogen-bond donors (Lipinski definition) is 0. The number of ether oxygens (including phenoxy) is 2. The number of rotatable bonds is 34. The highest BCUT2D eigenvalue weighted by atomic mass is 16.5. The van der Waals surface area contributed by atoms with Gasteiger partial charge in [0.2, 0.25) is 0 Å². The largest absolute Gasteiger partial charge is 0.465 e. The molecule has 0 amide bonds. The Morgan fingerprint density at radius 1 is 0.417 bits per heavy atom. The summed E-state index contributed by atoms with van der Waals surface area (Å²) in [5, 5.41) is 0. The van der Waals surface area contributed by atoms with E-state index in [0.29, 0.717) is 26.1 Å². The highest BCUT2D eigenvalue weighted by Crippen LogP contribution is 2.28. The van der Waals surface area contributed by atoms with Crippen LogP contribution in [0.25, 0.3) is 0 Å². The van der Waals surface area contributed by atoms with Crippen LogP contribution in [-0.4, -0.2) is 25.2 Å². The minimum Gasteiger partial charge on any atom is -0.465 e. The Hall–Kier alpha value is -1.32. The fourth-order valence-electron chi connectivity index (χ4n) is 7.09. The Morgan fingerprint density at radius 2 is 0.646 bits per heavy atom. The highest BCUT2D eigenvalue weighted by molar-refractivity contribution is 5.82. The van der Waals surface area contributed by atoms with E-state index in [4.69, 9.17) is 9.47 Å². The molecule has 1 aliphatic carbocycles. The van der Waals surface area contributed by atoms with Crippen molar-refractivity contribution in [2.75, 3.05) is 13.2 Å². The standard InChI is InChI=1S/C44H82O4/c1-39(2)33-27-23-19-15-11-7-5-9-13-17-21-25-31-37-47-43(45)41-35-29-30-36-42(41)44(46)48-38-32-26-22-18-14-10-6-8-12-16-20-24-28-34-40(3)4/h29-30,39-42H,5-28,31-38H2,1-4H3. The average molecular weight is 675 g/mol. The van der Waals surface area contributed by atoms with Gasteiger partial charge in [-0.1, -0.05) is 207 Å². The summed E-state index contributed by atoms with van der Waals surface area (Å²) in [6.07, 6.45) is 42.0. The molecule has 0 aromatic heterocycles. The van der Waals surface area contributed by atoms with Crippen molar-refractivity contribution in [3.8, 4) is 0 Å². The smallest absolute Gasteiger partial charge is 0.310 e. The fourth-order valence-corrected chi connectivity index (χ4v) is 7.09. The van der Waals surface area contributed by atoms with Crippen LogP contribution in [0.5, 0.6) is 0 Å². The molecule has 48 heavy (non-hydrogen) atoms. The summed E-state index contributed by atoms with van der Waals surface area (Å²) >= 11 is 0. The van der Waals surface area contributed by atoms with Gasteiger partial charge in [-0.3, -0.25) is 9.59 Å². The molecule has 4 heteroatoms. The van der Waals surface area contributed by atoms with Crippen molar-refractivity contribution in [1.29, 1.82) is 0 Å². The van der Waals surface area contributed by atoms with Crippen LogP contribution in [0, 0.1) is 23.7 Å². The molecule has 0 aromatic rings. The molecule has 0 N–H and O–H groups in total. The zero-order valence-electron chi connectivity index (χ0n) is 32.7. The van der Waals surface area contributed by atoms with Gasteiger partial charge in [0.05, 0.1) is 25.0 Å². The van der Waals surface area contributed by atoms with E-state index in [1.54, 1.807) is 0 Å². The first-order chi connectivity index (χ1) is 23.4. The van der Waals surface area contributed by atoms with Crippen molar-refractivity contribution in [2.45, 2.75) is 220 Å². The van der Waals surface area contributed by atoms with Gasteiger partial charge in [0.15, 0.2) is 0 Å². The Kier molecular flexibility index (Phi) is 30.6. The number of carbonyl (C=O) groups is 2. The molecule has 0 heterocycles. The Labute approximate surface area is 299 Å². The molecule has 4 nitrogen and oxygen atoms in total. The first-order valence-corrected chi connectivity index (χ1v) is 21.4. The maximum Gasteiger partial charge on any atom is 0.310 e. The van der Waals surface area contributed by atoms with Gasteiger partial charge in [-0.25, -0.2) is 0 Å². The van der Waals surface area contributed by atoms with Gasteiger partial charge in [0.1, 0.15) is 0 Å². The van der Waals surface area contributed by atoms with Crippen LogP contribution in [0.4, 0.5) is 0 Å². The lowest BCUT2D eigenvalue weighted by Crippen LogP contribution is -2.34. The third-order valence-corrected chi connectivity index (χ3v) is 10.4. The molecular weight excluding hydrogens is 592 g/mol. The Balaban J connectivity index is 1.96. The van der Waals surface area contributed by atoms with E-state index < -0.39 is 11.8 Å². The molecule has 0 bridgehead atoms. The van der Waals surface area contributed by atoms with E-state index in [1.807, 2.05) is 12.2 Å². The zero-order chi connectivity index (χ0) is 34.9. The molecule has 0 aromatic carbocycles. The van der Waals surface area contributed by atoms with Crippen molar-refractivity contribution < 1.29 is 19.1 Å². The molecule has 1 aliphatic rings. The third kappa shape index (κ3) is 27.5. The second-order valence-corrected chi connectivity index (χ2v) is 16.0. The van der Waals surface area contributed by atoms with Crippen LogP contribution < -0.4 is 0 Å². The maximum atomic E-state index is 12.8. The molecule has 0 spiro atoms. The Morgan fingerprint density at radius 3 is 0.896 bits per heavy atom. The summed E-state index contributed by atoms with van der Waals surface area (Å²) in [6.45, 7) is 10.2. The van der Waals surface area contributed by atoms with Crippen LogP contribution in [0.2, 0.25) is 0 Å². The van der Waals surface area contributed by atoms with Crippen LogP contribution in [0.1, 0.15) is 220 Å². The van der Waals surface area contributed by atoms with E-state index in [9.17, 15) is 9.59 Å². The molecule has 0 fully saturated rings. The normalized spacial score (nSPS) is 16.2.